The molecule has 0 aliphatic rings. The molecule has 2 heteroatoms. The van der Waals surface area contributed by atoms with Gasteiger partial charge in [0, 0.05) is 0 Å². The van der Waals surface area contributed by atoms with Gasteiger partial charge in [-0.15, -0.1) is 0 Å². The Labute approximate surface area is 92.5 Å². The van der Waals surface area contributed by atoms with E-state index in [-0.39, 0.29) is 0 Å². The molecule has 0 aliphatic carbocycles. The van der Waals surface area contributed by atoms with Crippen molar-refractivity contribution in [2.24, 2.45) is 0 Å². The van der Waals surface area contributed by atoms with Crippen LogP contribution < -0.4 is 0 Å². The van der Waals surface area contributed by atoms with Crippen molar-refractivity contribution in [3.8, 4) is 0 Å². The average molecular weight is 210 g/mol. The minimum absolute atomic E-state index is 0.660. The van der Waals surface area contributed by atoms with E-state index in [1.165, 1.54) is 24.8 Å². The van der Waals surface area contributed by atoms with Crippen molar-refractivity contribution in [2.45, 2.75) is 46.0 Å². The van der Waals surface area contributed by atoms with Crippen molar-refractivity contribution in [1.29, 1.82) is 0 Å². The molecular formula is C13H22O2. The number of benzene rings is 1. The molecule has 1 rings (SSSR count). The summed E-state index contributed by atoms with van der Waals surface area (Å²) in [5.41, 5.74) is 3.07. The quantitative estimate of drug-likeness (QED) is 0.578. The standard InChI is InChI=1S/C13H20.H2O2/c1-4-5-8-12-9-6-7-10-13(12)11(2)3;1-2/h6-7,9-11H,4-5,8H2,1-3H3;1-2H. The molecule has 0 fully saturated rings. The molecule has 0 amide bonds. The maximum atomic E-state index is 6.00. The van der Waals surface area contributed by atoms with Crippen LogP contribution in [0.5, 0.6) is 0 Å². The molecule has 1 aromatic rings. The third-order valence-electron chi connectivity index (χ3n) is 2.48. The summed E-state index contributed by atoms with van der Waals surface area (Å²) in [6, 6.07) is 8.82. The number of unbranched alkanes of at least 4 members (excludes halogenated alkanes) is 1. The molecule has 86 valence electrons. The summed E-state index contributed by atoms with van der Waals surface area (Å²) in [5.74, 6) is 0.660. The highest BCUT2D eigenvalue weighted by Crippen LogP contribution is 2.20. The van der Waals surface area contributed by atoms with Gasteiger partial charge in [-0.05, 0) is 29.9 Å². The van der Waals surface area contributed by atoms with Gasteiger partial charge >= 0.3 is 0 Å². The van der Waals surface area contributed by atoms with Crippen LogP contribution >= 0.6 is 0 Å². The van der Waals surface area contributed by atoms with Crippen LogP contribution in [0.1, 0.15) is 50.7 Å². The summed E-state index contributed by atoms with van der Waals surface area (Å²) in [4.78, 5) is 0. The fraction of sp³-hybridized carbons (Fsp3) is 0.538. The van der Waals surface area contributed by atoms with Crippen molar-refractivity contribution >= 4 is 0 Å². The lowest BCUT2D eigenvalue weighted by atomic mass is 9.94. The van der Waals surface area contributed by atoms with E-state index in [0.29, 0.717) is 5.92 Å². The summed E-state index contributed by atoms with van der Waals surface area (Å²) in [5, 5.41) is 12.0. The van der Waals surface area contributed by atoms with Crippen LogP contribution in [0.15, 0.2) is 24.3 Å². The van der Waals surface area contributed by atoms with Crippen molar-refractivity contribution in [3.05, 3.63) is 35.4 Å². The first-order chi connectivity index (χ1) is 7.25. The highest BCUT2D eigenvalue weighted by atomic mass is 17.0. The van der Waals surface area contributed by atoms with Crippen molar-refractivity contribution in [2.75, 3.05) is 0 Å². The lowest BCUT2D eigenvalue weighted by molar-refractivity contribution is -0.176. The van der Waals surface area contributed by atoms with Crippen molar-refractivity contribution < 1.29 is 10.5 Å². The first-order valence-corrected chi connectivity index (χ1v) is 5.53. The van der Waals surface area contributed by atoms with Gasteiger partial charge in [0.25, 0.3) is 0 Å². The van der Waals surface area contributed by atoms with Gasteiger partial charge in [0.15, 0.2) is 0 Å². The van der Waals surface area contributed by atoms with Gasteiger partial charge in [-0.25, -0.2) is 0 Å². The summed E-state index contributed by atoms with van der Waals surface area (Å²) in [7, 11) is 0. The molecule has 0 radical (unpaired) electrons. The normalized spacial score (nSPS) is 9.73. The van der Waals surface area contributed by atoms with E-state index in [4.69, 9.17) is 10.5 Å². The average Bonchev–Trinajstić information content (AvgIpc) is 2.29. The largest absolute Gasteiger partial charge is 0.255 e. The van der Waals surface area contributed by atoms with Crippen molar-refractivity contribution in [3.63, 3.8) is 0 Å². The molecule has 2 nitrogen and oxygen atoms in total. The second-order valence-electron chi connectivity index (χ2n) is 3.96. The predicted octanol–water partition coefficient (Wildman–Crippen LogP) is 4.17. The lowest BCUT2D eigenvalue weighted by Gasteiger charge is -2.11. The summed E-state index contributed by atoms with van der Waals surface area (Å²) >= 11 is 0. The second-order valence-corrected chi connectivity index (χ2v) is 3.96. The zero-order chi connectivity index (χ0) is 11.7. The van der Waals surface area contributed by atoms with Crippen LogP contribution in [0.4, 0.5) is 0 Å². The van der Waals surface area contributed by atoms with Gasteiger partial charge < -0.3 is 0 Å². The molecule has 0 spiro atoms. The molecular weight excluding hydrogens is 188 g/mol. The lowest BCUT2D eigenvalue weighted by Crippen LogP contribution is -1.95. The zero-order valence-corrected chi connectivity index (χ0v) is 9.90. The highest BCUT2D eigenvalue weighted by Gasteiger charge is 2.04. The molecule has 2 N–H and O–H groups in total. The topological polar surface area (TPSA) is 40.5 Å². The van der Waals surface area contributed by atoms with Gasteiger partial charge in [-0.3, -0.25) is 10.5 Å². The van der Waals surface area contributed by atoms with Gasteiger partial charge in [0.05, 0.1) is 0 Å². The molecule has 0 aliphatic heterocycles. The molecule has 0 heterocycles. The van der Waals surface area contributed by atoms with Crippen LogP contribution in [-0.2, 0) is 6.42 Å². The molecule has 0 saturated heterocycles. The van der Waals surface area contributed by atoms with Gasteiger partial charge in [-0.1, -0.05) is 51.5 Å². The first kappa shape index (κ1) is 14.1. The predicted molar refractivity (Wildman–Crippen MR) is 64.4 cm³/mol. The summed E-state index contributed by atoms with van der Waals surface area (Å²) in [6.45, 7) is 6.79. The smallest absolute Gasteiger partial charge is 0.0216 e. The number of aryl methyl sites for hydroxylation is 1. The van der Waals surface area contributed by atoms with Crippen LogP contribution in [0.25, 0.3) is 0 Å². The molecule has 0 atom stereocenters. The van der Waals surface area contributed by atoms with E-state index in [1.54, 1.807) is 5.56 Å². The Balaban J connectivity index is 0.000000921. The Kier molecular flexibility index (Phi) is 7.96. The maximum Gasteiger partial charge on any atom is -0.0216 e. The van der Waals surface area contributed by atoms with E-state index in [0.717, 1.165) is 0 Å². The Morgan fingerprint density at radius 3 is 2.27 bits per heavy atom. The minimum Gasteiger partial charge on any atom is -0.255 e. The molecule has 1 aromatic carbocycles. The number of hydrogen-bond donors (Lipinski definition) is 2. The van der Waals surface area contributed by atoms with Crippen LogP contribution in [0.2, 0.25) is 0 Å². The number of rotatable bonds is 4. The van der Waals surface area contributed by atoms with E-state index in [1.807, 2.05) is 0 Å². The van der Waals surface area contributed by atoms with E-state index < -0.39 is 0 Å². The fourth-order valence-corrected chi connectivity index (χ4v) is 1.69. The second kappa shape index (κ2) is 8.45. The van der Waals surface area contributed by atoms with E-state index in [9.17, 15) is 0 Å². The molecule has 0 saturated carbocycles. The molecule has 0 aromatic heterocycles. The zero-order valence-electron chi connectivity index (χ0n) is 9.90. The third-order valence-corrected chi connectivity index (χ3v) is 2.48. The summed E-state index contributed by atoms with van der Waals surface area (Å²) < 4.78 is 0. The first-order valence-electron chi connectivity index (χ1n) is 5.53. The Morgan fingerprint density at radius 2 is 1.73 bits per heavy atom. The van der Waals surface area contributed by atoms with Crippen LogP contribution in [0.3, 0.4) is 0 Å². The monoisotopic (exact) mass is 210 g/mol. The molecule has 0 unspecified atom stereocenters. The highest BCUT2D eigenvalue weighted by molar-refractivity contribution is 5.29. The van der Waals surface area contributed by atoms with Gasteiger partial charge in [0.1, 0.15) is 0 Å². The Morgan fingerprint density at radius 1 is 1.13 bits per heavy atom. The SMILES string of the molecule is CCCCc1ccccc1C(C)C.OO. The minimum atomic E-state index is 0.660. The van der Waals surface area contributed by atoms with E-state index in [2.05, 4.69) is 45.0 Å². The Bertz CT molecular complexity index is 256. The van der Waals surface area contributed by atoms with Gasteiger partial charge in [-0.2, -0.15) is 0 Å². The number of hydrogen-bond acceptors (Lipinski definition) is 2. The maximum absolute atomic E-state index is 6.00. The van der Waals surface area contributed by atoms with Crippen molar-refractivity contribution in [1.82, 2.24) is 0 Å². The Hall–Kier alpha value is -0.860. The molecule has 15 heavy (non-hydrogen) atoms. The van der Waals surface area contributed by atoms with Gasteiger partial charge in [0.2, 0.25) is 0 Å². The van der Waals surface area contributed by atoms with E-state index >= 15 is 0 Å². The molecule has 0 bridgehead atoms. The van der Waals surface area contributed by atoms with Crippen LogP contribution in [-0.4, -0.2) is 10.5 Å². The fourth-order valence-electron chi connectivity index (χ4n) is 1.69. The van der Waals surface area contributed by atoms with Crippen LogP contribution in [0, 0.1) is 0 Å². The summed E-state index contributed by atoms with van der Waals surface area (Å²) in [6.07, 6.45) is 3.83. The third kappa shape index (κ3) is 4.96.